The Hall–Kier alpha value is -2.07. The lowest BCUT2D eigenvalue weighted by atomic mass is 10.2. The third kappa shape index (κ3) is 2.79. The predicted molar refractivity (Wildman–Crippen MR) is 72.0 cm³/mol. The Morgan fingerprint density at radius 3 is 2.73 bits per heavy atom. The molecule has 0 amide bonds. The molecule has 0 aromatic heterocycles. The average molecular weight is 332 g/mol. The van der Waals surface area contributed by atoms with E-state index in [0.29, 0.717) is 18.9 Å². The highest BCUT2D eigenvalue weighted by Crippen LogP contribution is 2.29. The number of halogens is 1. The van der Waals surface area contributed by atoms with Crippen molar-refractivity contribution in [3.63, 3.8) is 0 Å². The summed E-state index contributed by atoms with van der Waals surface area (Å²) in [5.74, 6) is -1.94. The van der Waals surface area contributed by atoms with E-state index in [1.165, 1.54) is 0 Å². The molecule has 0 bridgehead atoms. The zero-order chi connectivity index (χ0) is 16.5. The van der Waals surface area contributed by atoms with Crippen LogP contribution in [0.4, 0.5) is 10.1 Å². The van der Waals surface area contributed by atoms with Crippen molar-refractivity contribution in [3.05, 3.63) is 34.1 Å². The monoisotopic (exact) mass is 332 g/mol. The van der Waals surface area contributed by atoms with Crippen molar-refractivity contribution >= 4 is 21.7 Å². The molecule has 1 aromatic carbocycles. The number of nitro groups is 1. The molecule has 1 aliphatic heterocycles. The van der Waals surface area contributed by atoms with E-state index >= 15 is 0 Å². The summed E-state index contributed by atoms with van der Waals surface area (Å²) >= 11 is 0. The van der Waals surface area contributed by atoms with E-state index in [1.54, 1.807) is 0 Å². The molecule has 0 aliphatic carbocycles. The van der Waals surface area contributed by atoms with E-state index < -0.39 is 43.4 Å². The number of carbonyl (C=O) groups is 1. The number of hydrogen-bond donors (Lipinski definition) is 0. The molecule has 1 fully saturated rings. The first-order valence-corrected chi connectivity index (χ1v) is 7.76. The van der Waals surface area contributed by atoms with E-state index in [4.69, 9.17) is 0 Å². The molecule has 8 nitrogen and oxygen atoms in total. The smallest absolute Gasteiger partial charge is 0.324 e. The topological polar surface area (TPSA) is 107 Å². The third-order valence-electron chi connectivity index (χ3n) is 3.40. The van der Waals surface area contributed by atoms with Gasteiger partial charge in [0.15, 0.2) is 0 Å². The SMILES string of the molecule is COC(=O)[C@@H]1CCCN1S(=O)(=O)c1ccc([N+](=O)[O-])c(F)c1. The molecule has 1 atom stereocenters. The standard InChI is InChI=1S/C12H13FN2O6S/c1-21-12(16)11-3-2-6-14(11)22(19,20)8-4-5-10(15(17)18)9(13)7-8/h4-5,7,11H,2-3,6H2,1H3/t11-/m0/s1. The molecule has 1 heterocycles. The summed E-state index contributed by atoms with van der Waals surface area (Å²) < 4.78 is 44.1. The van der Waals surface area contributed by atoms with Crippen LogP contribution in [-0.4, -0.2) is 43.3 Å². The number of hydrogen-bond acceptors (Lipinski definition) is 6. The van der Waals surface area contributed by atoms with Crippen LogP contribution in [0.15, 0.2) is 23.1 Å². The van der Waals surface area contributed by atoms with Crippen LogP contribution in [0, 0.1) is 15.9 Å². The van der Waals surface area contributed by atoms with Crippen molar-refractivity contribution in [2.24, 2.45) is 0 Å². The minimum Gasteiger partial charge on any atom is -0.468 e. The molecule has 0 N–H and O–H groups in total. The number of nitrogens with zero attached hydrogens (tertiary/aromatic N) is 2. The highest BCUT2D eigenvalue weighted by Gasteiger charge is 2.40. The van der Waals surface area contributed by atoms with Crippen LogP contribution in [-0.2, 0) is 19.6 Å². The van der Waals surface area contributed by atoms with Gasteiger partial charge in [-0.05, 0) is 18.9 Å². The summed E-state index contributed by atoms with van der Waals surface area (Å²) in [6.07, 6.45) is 0.774. The number of esters is 1. The Balaban J connectivity index is 2.40. The minimum absolute atomic E-state index is 0.0979. The number of sulfonamides is 1. The molecule has 1 aromatic rings. The van der Waals surface area contributed by atoms with Crippen molar-refractivity contribution in [3.8, 4) is 0 Å². The molecule has 0 saturated carbocycles. The first-order chi connectivity index (χ1) is 10.3. The van der Waals surface area contributed by atoms with Gasteiger partial charge in [-0.3, -0.25) is 14.9 Å². The predicted octanol–water partition coefficient (Wildman–Crippen LogP) is 1.06. The Morgan fingerprint density at radius 1 is 1.50 bits per heavy atom. The van der Waals surface area contributed by atoms with Crippen LogP contribution in [0.25, 0.3) is 0 Å². The van der Waals surface area contributed by atoms with Crippen LogP contribution >= 0.6 is 0 Å². The minimum atomic E-state index is -4.14. The number of nitro benzene ring substituents is 1. The van der Waals surface area contributed by atoms with Gasteiger partial charge in [0, 0.05) is 18.7 Å². The number of benzene rings is 1. The summed E-state index contributed by atoms with van der Waals surface area (Å²) in [5.41, 5.74) is -0.815. The van der Waals surface area contributed by atoms with Gasteiger partial charge in [0.1, 0.15) is 6.04 Å². The number of ether oxygens (including phenoxy) is 1. The van der Waals surface area contributed by atoms with E-state index in [9.17, 15) is 27.7 Å². The van der Waals surface area contributed by atoms with Crippen molar-refractivity contribution in [2.75, 3.05) is 13.7 Å². The number of rotatable bonds is 4. The molecule has 0 radical (unpaired) electrons. The van der Waals surface area contributed by atoms with E-state index in [1.807, 2.05) is 0 Å². The highest BCUT2D eigenvalue weighted by molar-refractivity contribution is 7.89. The summed E-state index contributed by atoms with van der Waals surface area (Å²) in [4.78, 5) is 20.8. The van der Waals surface area contributed by atoms with Gasteiger partial charge >= 0.3 is 11.7 Å². The van der Waals surface area contributed by atoms with Crippen molar-refractivity contribution in [1.29, 1.82) is 0 Å². The molecule has 1 saturated heterocycles. The first kappa shape index (κ1) is 16.3. The molecule has 22 heavy (non-hydrogen) atoms. The lowest BCUT2D eigenvalue weighted by Gasteiger charge is -2.22. The van der Waals surface area contributed by atoms with Crippen LogP contribution in [0.5, 0.6) is 0 Å². The normalized spacial score (nSPS) is 19.1. The molecular formula is C12H13FN2O6S. The van der Waals surface area contributed by atoms with Gasteiger partial charge < -0.3 is 4.74 Å². The van der Waals surface area contributed by atoms with Crippen molar-refractivity contribution < 1.29 is 27.3 Å². The van der Waals surface area contributed by atoms with E-state index in [2.05, 4.69) is 4.74 Å². The second-order valence-electron chi connectivity index (χ2n) is 4.67. The van der Waals surface area contributed by atoms with Gasteiger partial charge in [0.05, 0.1) is 16.9 Å². The molecule has 1 aliphatic rings. The Morgan fingerprint density at radius 2 is 2.18 bits per heavy atom. The van der Waals surface area contributed by atoms with Gasteiger partial charge in [0.2, 0.25) is 15.8 Å². The number of carbonyl (C=O) groups excluding carboxylic acids is 1. The van der Waals surface area contributed by atoms with Crippen molar-refractivity contribution in [2.45, 2.75) is 23.8 Å². The maximum atomic E-state index is 13.6. The van der Waals surface area contributed by atoms with Gasteiger partial charge in [-0.1, -0.05) is 0 Å². The summed E-state index contributed by atoms with van der Waals surface area (Å²) in [6, 6.07) is 1.35. The maximum Gasteiger partial charge on any atom is 0.324 e. The third-order valence-corrected chi connectivity index (χ3v) is 5.30. The van der Waals surface area contributed by atoms with Crippen molar-refractivity contribution in [1.82, 2.24) is 4.31 Å². The van der Waals surface area contributed by atoms with E-state index in [-0.39, 0.29) is 6.54 Å². The molecule has 2 rings (SSSR count). The quantitative estimate of drug-likeness (QED) is 0.463. The van der Waals surface area contributed by atoms with Crippen LogP contribution in [0.1, 0.15) is 12.8 Å². The van der Waals surface area contributed by atoms with Gasteiger partial charge in [-0.25, -0.2) is 8.42 Å². The zero-order valence-corrected chi connectivity index (χ0v) is 12.4. The van der Waals surface area contributed by atoms with Crippen LogP contribution in [0.2, 0.25) is 0 Å². The van der Waals surface area contributed by atoms with Gasteiger partial charge in [0.25, 0.3) is 0 Å². The molecule has 120 valence electrons. The lowest BCUT2D eigenvalue weighted by Crippen LogP contribution is -2.41. The lowest BCUT2D eigenvalue weighted by molar-refractivity contribution is -0.387. The Kier molecular flexibility index (Phi) is 4.42. The molecular weight excluding hydrogens is 319 g/mol. The molecule has 10 heteroatoms. The fraction of sp³-hybridized carbons (Fsp3) is 0.417. The Labute approximate surface area is 125 Å². The van der Waals surface area contributed by atoms with Crippen LogP contribution in [0.3, 0.4) is 0 Å². The van der Waals surface area contributed by atoms with Gasteiger partial charge in [-0.15, -0.1) is 0 Å². The molecule has 0 spiro atoms. The fourth-order valence-corrected chi connectivity index (χ4v) is 3.99. The molecule has 0 unspecified atom stereocenters. The van der Waals surface area contributed by atoms with Crippen LogP contribution < -0.4 is 0 Å². The Bertz CT molecular complexity index is 720. The second kappa shape index (κ2) is 5.97. The van der Waals surface area contributed by atoms with Gasteiger partial charge in [-0.2, -0.15) is 8.70 Å². The highest BCUT2D eigenvalue weighted by atomic mass is 32.2. The summed E-state index contributed by atoms with van der Waals surface area (Å²) in [7, 11) is -2.99. The maximum absolute atomic E-state index is 13.6. The number of methoxy groups -OCH3 is 1. The second-order valence-corrected chi connectivity index (χ2v) is 6.56. The fourth-order valence-electron chi connectivity index (χ4n) is 2.33. The zero-order valence-electron chi connectivity index (χ0n) is 11.6. The average Bonchev–Trinajstić information content (AvgIpc) is 2.96. The first-order valence-electron chi connectivity index (χ1n) is 6.32. The summed E-state index contributed by atoms with van der Waals surface area (Å²) in [5, 5.41) is 10.6. The van der Waals surface area contributed by atoms with E-state index in [0.717, 1.165) is 23.5 Å². The summed E-state index contributed by atoms with van der Waals surface area (Å²) in [6.45, 7) is 0.0979. The largest absolute Gasteiger partial charge is 0.468 e.